The zero-order chi connectivity index (χ0) is 19.5. The van der Waals surface area contributed by atoms with E-state index in [9.17, 15) is 9.59 Å². The zero-order valence-electron chi connectivity index (χ0n) is 15.3. The lowest BCUT2D eigenvalue weighted by atomic mass is 10.5. The molecule has 0 bridgehead atoms. The summed E-state index contributed by atoms with van der Waals surface area (Å²) in [6.45, 7) is -0.0664. The summed E-state index contributed by atoms with van der Waals surface area (Å²) in [4.78, 5) is 21.9. The third-order valence-corrected chi connectivity index (χ3v) is 11.4. The average molecular weight is 399 g/mol. The Labute approximate surface area is 149 Å². The molecule has 0 amide bonds. The summed E-state index contributed by atoms with van der Waals surface area (Å²) in [6, 6.07) is 0. The van der Waals surface area contributed by atoms with Crippen molar-refractivity contribution >= 4 is 29.5 Å². The van der Waals surface area contributed by atoms with Gasteiger partial charge in [-0.25, -0.2) is 9.59 Å². The Hall–Kier alpha value is -1.13. The highest BCUT2D eigenvalue weighted by molar-refractivity contribution is 6.82. The second-order valence-corrected chi connectivity index (χ2v) is 11.4. The Morgan fingerprint density at radius 2 is 1.24 bits per heavy atom. The molecule has 0 saturated heterocycles. The monoisotopic (exact) mass is 398 g/mol. The van der Waals surface area contributed by atoms with Gasteiger partial charge < -0.3 is 36.4 Å². The third-order valence-electron chi connectivity index (χ3n) is 3.57. The molecule has 0 aliphatic carbocycles. The molecule has 0 aromatic rings. The molecule has 12 heteroatoms. The molecule has 0 unspecified atom stereocenters. The molecule has 0 fully saturated rings. The molecular formula is C13H26O10Si2. The van der Waals surface area contributed by atoms with Crippen LogP contribution < -0.4 is 0 Å². The topological polar surface area (TPSA) is 119 Å². The van der Waals surface area contributed by atoms with Crippen molar-refractivity contribution in [2.24, 2.45) is 0 Å². The Morgan fingerprint density at radius 3 is 1.56 bits per heavy atom. The molecule has 10 nitrogen and oxygen atoms in total. The minimum atomic E-state index is -3.27. The van der Waals surface area contributed by atoms with Gasteiger partial charge in [0, 0.05) is 54.8 Å². The van der Waals surface area contributed by atoms with E-state index in [0.717, 1.165) is 6.08 Å². The predicted octanol–water partition coefficient (Wildman–Crippen LogP) is 0.226. The van der Waals surface area contributed by atoms with Crippen LogP contribution in [-0.4, -0.2) is 83.9 Å². The summed E-state index contributed by atoms with van der Waals surface area (Å²) in [5, 5.41) is 7.93. The highest BCUT2D eigenvalue weighted by Crippen LogP contribution is 2.37. The van der Waals surface area contributed by atoms with Crippen molar-refractivity contribution in [3.63, 3.8) is 0 Å². The fourth-order valence-corrected chi connectivity index (χ4v) is 9.89. The Kier molecular flexibility index (Phi) is 11.0. The first-order chi connectivity index (χ1) is 11.8. The van der Waals surface area contributed by atoms with E-state index in [1.165, 1.54) is 42.7 Å². The SMILES string of the molecule is CO[Si](OC)(OC)C(CCOC(=O)/C=C/C(=O)O)[Si](OC)(OC)OC. The standard InChI is InChI=1S/C13H26O10Si2/c1-17-24(18-2,19-3)13(25(20-4,21-5)22-6)9-10-23-12(16)8-7-11(14)15/h7-8,13H,9-10H2,1-6H3,(H,14,15)/b8-7+. The molecular weight excluding hydrogens is 372 g/mol. The van der Waals surface area contributed by atoms with Gasteiger partial charge in [0.25, 0.3) is 0 Å². The molecule has 1 N–H and O–H groups in total. The van der Waals surface area contributed by atoms with Gasteiger partial charge in [0.15, 0.2) is 0 Å². The second kappa shape index (κ2) is 11.5. The quantitative estimate of drug-likeness (QED) is 0.262. The largest absolute Gasteiger partial charge is 0.508 e. The van der Waals surface area contributed by atoms with Crippen molar-refractivity contribution in [2.45, 2.75) is 11.6 Å². The maximum absolute atomic E-state index is 11.5. The summed E-state index contributed by atoms with van der Waals surface area (Å²) in [7, 11) is 2.09. The van der Waals surface area contributed by atoms with Gasteiger partial charge in [-0.3, -0.25) is 0 Å². The number of rotatable bonds is 13. The first-order valence-electron chi connectivity index (χ1n) is 7.20. The van der Waals surface area contributed by atoms with Crippen LogP contribution in [0.3, 0.4) is 0 Å². The number of ether oxygens (including phenoxy) is 1. The van der Waals surface area contributed by atoms with E-state index in [-0.39, 0.29) is 13.0 Å². The van der Waals surface area contributed by atoms with Crippen molar-refractivity contribution in [1.29, 1.82) is 0 Å². The number of hydrogen-bond donors (Lipinski definition) is 1. The van der Waals surface area contributed by atoms with Crippen molar-refractivity contribution < 1.29 is 46.0 Å². The van der Waals surface area contributed by atoms with Crippen LogP contribution >= 0.6 is 0 Å². The highest BCUT2D eigenvalue weighted by atomic mass is 28.5. The van der Waals surface area contributed by atoms with E-state index in [0.29, 0.717) is 6.08 Å². The first-order valence-corrected chi connectivity index (χ1v) is 10.8. The van der Waals surface area contributed by atoms with Crippen LogP contribution in [0.5, 0.6) is 0 Å². The number of carbonyl (C=O) groups excluding carboxylic acids is 1. The minimum absolute atomic E-state index is 0.0664. The van der Waals surface area contributed by atoms with E-state index in [1.54, 1.807) is 0 Å². The Balaban J connectivity index is 5.35. The summed E-state index contributed by atoms with van der Waals surface area (Å²) in [6.07, 6.45) is 1.71. The molecule has 25 heavy (non-hydrogen) atoms. The van der Waals surface area contributed by atoms with Crippen molar-refractivity contribution in [2.75, 3.05) is 49.3 Å². The van der Waals surface area contributed by atoms with Crippen LogP contribution in [0.4, 0.5) is 0 Å². The van der Waals surface area contributed by atoms with E-state index >= 15 is 0 Å². The van der Waals surface area contributed by atoms with Crippen molar-refractivity contribution in [3.8, 4) is 0 Å². The van der Waals surface area contributed by atoms with Crippen LogP contribution in [-0.2, 0) is 40.9 Å². The molecule has 0 aromatic carbocycles. The lowest BCUT2D eigenvalue weighted by molar-refractivity contribution is -0.139. The van der Waals surface area contributed by atoms with E-state index < -0.39 is 34.7 Å². The smallest absolute Gasteiger partial charge is 0.478 e. The van der Waals surface area contributed by atoms with E-state index in [1.807, 2.05) is 0 Å². The predicted molar refractivity (Wildman–Crippen MR) is 89.7 cm³/mol. The number of hydrogen-bond acceptors (Lipinski definition) is 9. The van der Waals surface area contributed by atoms with E-state index in [2.05, 4.69) is 0 Å². The molecule has 0 aromatic heterocycles. The fourth-order valence-electron chi connectivity index (χ4n) is 2.39. The highest BCUT2D eigenvalue weighted by Gasteiger charge is 2.63. The molecule has 0 aliphatic rings. The summed E-state index contributed by atoms with van der Waals surface area (Å²) < 4.78 is 38.0. The first kappa shape index (κ1) is 23.9. The number of carboxylic acids is 1. The van der Waals surface area contributed by atoms with E-state index in [4.69, 9.17) is 36.4 Å². The lowest BCUT2D eigenvalue weighted by Crippen LogP contribution is -2.62. The average Bonchev–Trinajstić information content (AvgIpc) is 2.63. The summed E-state index contributed by atoms with van der Waals surface area (Å²) in [5.41, 5.74) is 0. The van der Waals surface area contributed by atoms with Gasteiger partial charge in [-0.05, 0) is 6.42 Å². The van der Waals surface area contributed by atoms with Gasteiger partial charge in [0.1, 0.15) is 5.16 Å². The second-order valence-electron chi connectivity index (χ2n) is 4.61. The third kappa shape index (κ3) is 6.27. The number of carbonyl (C=O) groups is 2. The zero-order valence-corrected chi connectivity index (χ0v) is 17.3. The van der Waals surface area contributed by atoms with Crippen LogP contribution in [0.25, 0.3) is 0 Å². The lowest BCUT2D eigenvalue weighted by Gasteiger charge is -2.39. The van der Waals surface area contributed by atoms with Gasteiger partial charge in [0.2, 0.25) is 0 Å². The Bertz CT molecular complexity index is 412. The molecule has 0 aliphatic heterocycles. The molecule has 0 heterocycles. The molecule has 0 atom stereocenters. The molecule has 0 spiro atoms. The van der Waals surface area contributed by atoms with Crippen molar-refractivity contribution in [1.82, 2.24) is 0 Å². The van der Waals surface area contributed by atoms with Gasteiger partial charge in [-0.1, -0.05) is 0 Å². The number of aliphatic carboxylic acids is 1. The van der Waals surface area contributed by atoms with Gasteiger partial charge in [-0.2, -0.15) is 0 Å². The fraction of sp³-hybridized carbons (Fsp3) is 0.692. The molecule has 146 valence electrons. The van der Waals surface area contributed by atoms with Crippen LogP contribution in [0.2, 0.25) is 5.16 Å². The van der Waals surface area contributed by atoms with Crippen LogP contribution in [0, 0.1) is 0 Å². The molecule has 0 rings (SSSR count). The van der Waals surface area contributed by atoms with Gasteiger partial charge in [0.05, 0.1) is 6.61 Å². The summed E-state index contributed by atoms with van der Waals surface area (Å²) in [5.74, 6) is -2.04. The van der Waals surface area contributed by atoms with Crippen LogP contribution in [0.1, 0.15) is 6.42 Å². The minimum Gasteiger partial charge on any atom is -0.478 e. The van der Waals surface area contributed by atoms with Crippen molar-refractivity contribution in [3.05, 3.63) is 12.2 Å². The normalized spacial score (nSPS) is 12.8. The molecule has 0 saturated carbocycles. The van der Waals surface area contributed by atoms with Gasteiger partial charge >= 0.3 is 29.5 Å². The van der Waals surface area contributed by atoms with Crippen LogP contribution in [0.15, 0.2) is 12.2 Å². The number of carboxylic acid groups (broad SMARTS) is 1. The Morgan fingerprint density at radius 1 is 0.840 bits per heavy atom. The molecule has 0 radical (unpaired) electrons. The number of esters is 1. The maximum Gasteiger partial charge on any atom is 0.508 e. The van der Waals surface area contributed by atoms with Gasteiger partial charge in [-0.15, -0.1) is 0 Å². The summed E-state index contributed by atoms with van der Waals surface area (Å²) >= 11 is 0. The maximum atomic E-state index is 11.5.